The van der Waals surface area contributed by atoms with Crippen LogP contribution < -0.4 is 16.3 Å². The number of nitrogens with zero attached hydrogens (tertiary/aromatic N) is 2. The van der Waals surface area contributed by atoms with Gasteiger partial charge in [-0.1, -0.05) is 36.4 Å². The number of hydrogen-bond acceptors (Lipinski definition) is 7. The van der Waals surface area contributed by atoms with Crippen molar-refractivity contribution < 1.29 is 9.59 Å². The highest BCUT2D eigenvalue weighted by molar-refractivity contribution is 14.1. The van der Waals surface area contributed by atoms with E-state index in [1.54, 1.807) is 83.9 Å². The number of rotatable bonds is 7. The largest absolute Gasteiger partial charge is 0.335 e. The van der Waals surface area contributed by atoms with Gasteiger partial charge in [-0.2, -0.15) is 10.2 Å². The lowest BCUT2D eigenvalue weighted by atomic mass is 10.0. The number of benzene rings is 2. The van der Waals surface area contributed by atoms with Crippen molar-refractivity contribution in [3.05, 3.63) is 90.7 Å². The molecule has 11 heteroatoms. The van der Waals surface area contributed by atoms with Crippen molar-refractivity contribution in [1.82, 2.24) is 20.9 Å². The van der Waals surface area contributed by atoms with E-state index in [2.05, 4.69) is 48.6 Å². The SMILES string of the molecule is CSc1sc(I)cc1/C=N\NC(=O)[C@H](NC(=O)c1ccccc1)c1n[nH]c(=O)c2ccccc12. The number of fused-ring (bicyclic) bond motifs is 1. The van der Waals surface area contributed by atoms with Crippen molar-refractivity contribution in [2.75, 3.05) is 6.26 Å². The van der Waals surface area contributed by atoms with Crippen LogP contribution in [0.1, 0.15) is 27.7 Å². The van der Waals surface area contributed by atoms with Crippen LogP contribution in [0.5, 0.6) is 0 Å². The first-order chi connectivity index (χ1) is 16.5. The minimum atomic E-state index is -1.20. The summed E-state index contributed by atoms with van der Waals surface area (Å²) in [5, 5.41) is 14.2. The second kappa shape index (κ2) is 10.9. The third-order valence-electron chi connectivity index (χ3n) is 4.83. The molecule has 3 N–H and O–H groups in total. The van der Waals surface area contributed by atoms with Crippen LogP contribution in [0.2, 0.25) is 0 Å². The van der Waals surface area contributed by atoms with Gasteiger partial charge in [0.1, 0.15) is 5.69 Å². The van der Waals surface area contributed by atoms with Crippen LogP contribution in [0.25, 0.3) is 10.8 Å². The van der Waals surface area contributed by atoms with Crippen molar-refractivity contribution in [3.8, 4) is 0 Å². The Morgan fingerprint density at radius 2 is 1.85 bits per heavy atom. The number of hydrazone groups is 1. The lowest BCUT2D eigenvalue weighted by molar-refractivity contribution is -0.123. The second-order valence-corrected chi connectivity index (χ2v) is 11.0. The average molecular weight is 603 g/mol. The molecule has 0 unspecified atom stereocenters. The van der Waals surface area contributed by atoms with Gasteiger partial charge in [0.05, 0.1) is 18.7 Å². The van der Waals surface area contributed by atoms with Crippen LogP contribution in [-0.2, 0) is 4.79 Å². The standard InChI is InChI=1S/C23H18IN5O3S2/c1-33-23-14(11-17(24)34-23)12-25-28-22(32)19(26-20(30)13-7-3-2-4-8-13)18-15-9-5-6-10-16(15)21(31)29-27-18/h2-12,19H,1H3,(H,26,30)(H,28,32)(H,29,31)/b25-12-/t19-/m1/s1. The van der Waals surface area contributed by atoms with E-state index in [0.29, 0.717) is 16.3 Å². The third kappa shape index (κ3) is 5.37. The Hall–Kier alpha value is -3.03. The molecule has 34 heavy (non-hydrogen) atoms. The molecule has 2 aromatic heterocycles. The highest BCUT2D eigenvalue weighted by Gasteiger charge is 2.27. The van der Waals surface area contributed by atoms with E-state index >= 15 is 0 Å². The molecule has 4 aromatic rings. The zero-order chi connectivity index (χ0) is 24.1. The summed E-state index contributed by atoms with van der Waals surface area (Å²) >= 11 is 5.46. The molecule has 1 atom stereocenters. The molecule has 0 fully saturated rings. The zero-order valence-electron chi connectivity index (χ0n) is 17.7. The maximum absolute atomic E-state index is 13.2. The maximum Gasteiger partial charge on any atom is 0.272 e. The lowest BCUT2D eigenvalue weighted by Crippen LogP contribution is -2.40. The number of halogens is 1. The molecule has 0 radical (unpaired) electrons. The summed E-state index contributed by atoms with van der Waals surface area (Å²) in [5.74, 6) is -1.06. The number of thiophene rings is 1. The van der Waals surface area contributed by atoms with Crippen molar-refractivity contribution in [2.24, 2.45) is 5.10 Å². The Bertz CT molecular complexity index is 1440. The normalized spacial score (nSPS) is 12.1. The van der Waals surface area contributed by atoms with Gasteiger partial charge >= 0.3 is 0 Å². The number of hydrogen-bond donors (Lipinski definition) is 3. The van der Waals surface area contributed by atoms with Gasteiger partial charge < -0.3 is 5.32 Å². The summed E-state index contributed by atoms with van der Waals surface area (Å²) in [6.07, 6.45) is 3.54. The summed E-state index contributed by atoms with van der Waals surface area (Å²) < 4.78 is 2.18. The Labute approximate surface area is 216 Å². The summed E-state index contributed by atoms with van der Waals surface area (Å²) in [5.41, 5.74) is 3.60. The first-order valence-corrected chi connectivity index (χ1v) is 13.1. The molecule has 0 saturated heterocycles. The number of carbonyl (C=O) groups is 2. The van der Waals surface area contributed by atoms with Gasteiger partial charge in [0.25, 0.3) is 17.4 Å². The van der Waals surface area contributed by atoms with Crippen molar-refractivity contribution in [3.63, 3.8) is 0 Å². The Balaban J connectivity index is 1.67. The Kier molecular flexibility index (Phi) is 7.75. The van der Waals surface area contributed by atoms with Crippen LogP contribution in [0, 0.1) is 2.88 Å². The molecule has 0 aliphatic rings. The third-order valence-corrected chi connectivity index (χ3v) is 7.89. The van der Waals surface area contributed by atoms with E-state index in [-0.39, 0.29) is 11.3 Å². The number of aromatic nitrogens is 2. The molecular formula is C23H18IN5O3S2. The van der Waals surface area contributed by atoms with Crippen molar-refractivity contribution >= 4 is 74.5 Å². The molecule has 0 saturated carbocycles. The van der Waals surface area contributed by atoms with Crippen LogP contribution in [0.15, 0.2) is 74.8 Å². The fourth-order valence-electron chi connectivity index (χ4n) is 3.26. The Morgan fingerprint density at radius 1 is 1.15 bits per heavy atom. The minimum Gasteiger partial charge on any atom is -0.335 e. The molecule has 2 aromatic carbocycles. The van der Waals surface area contributed by atoms with Crippen LogP contribution in [0.3, 0.4) is 0 Å². The maximum atomic E-state index is 13.2. The van der Waals surface area contributed by atoms with E-state index in [9.17, 15) is 14.4 Å². The van der Waals surface area contributed by atoms with Gasteiger partial charge in [-0.05, 0) is 53.1 Å². The minimum absolute atomic E-state index is 0.210. The molecule has 2 amide bonds. The fourth-order valence-corrected chi connectivity index (χ4v) is 6.24. The topological polar surface area (TPSA) is 116 Å². The van der Waals surface area contributed by atoms with Gasteiger partial charge in [0, 0.05) is 16.5 Å². The van der Waals surface area contributed by atoms with Gasteiger partial charge in [0.2, 0.25) is 0 Å². The Morgan fingerprint density at radius 3 is 2.59 bits per heavy atom. The number of thioether (sulfide) groups is 1. The summed E-state index contributed by atoms with van der Waals surface area (Å²) in [4.78, 5) is 38.3. The summed E-state index contributed by atoms with van der Waals surface area (Å²) in [7, 11) is 0. The summed E-state index contributed by atoms with van der Waals surface area (Å²) in [6, 6.07) is 16.1. The van der Waals surface area contributed by atoms with Crippen LogP contribution >= 0.6 is 45.7 Å². The highest BCUT2D eigenvalue weighted by atomic mass is 127. The number of H-pyrrole nitrogens is 1. The van der Waals surface area contributed by atoms with Gasteiger partial charge in [0.15, 0.2) is 6.04 Å². The lowest BCUT2D eigenvalue weighted by Gasteiger charge is -2.18. The van der Waals surface area contributed by atoms with Gasteiger partial charge in [-0.3, -0.25) is 14.4 Å². The van der Waals surface area contributed by atoms with Gasteiger partial charge in [-0.15, -0.1) is 23.1 Å². The molecule has 8 nitrogen and oxygen atoms in total. The second-order valence-electron chi connectivity index (χ2n) is 6.99. The molecule has 0 spiro atoms. The molecule has 2 heterocycles. The van der Waals surface area contributed by atoms with E-state index in [1.165, 1.54) is 0 Å². The number of carbonyl (C=O) groups excluding carboxylic acids is 2. The number of amides is 2. The van der Waals surface area contributed by atoms with Crippen LogP contribution in [-0.4, -0.2) is 34.5 Å². The van der Waals surface area contributed by atoms with Crippen molar-refractivity contribution in [2.45, 2.75) is 10.3 Å². The highest BCUT2D eigenvalue weighted by Crippen LogP contribution is 2.30. The molecule has 0 aliphatic heterocycles. The van der Waals surface area contributed by atoms with Crippen molar-refractivity contribution in [1.29, 1.82) is 0 Å². The van der Waals surface area contributed by atoms with Crippen LogP contribution in [0.4, 0.5) is 0 Å². The predicted octanol–water partition coefficient (Wildman–Crippen LogP) is 3.93. The van der Waals surface area contributed by atoms with E-state index in [1.807, 2.05) is 12.3 Å². The van der Waals surface area contributed by atoms with E-state index < -0.39 is 17.9 Å². The molecule has 0 aliphatic carbocycles. The van der Waals surface area contributed by atoms with E-state index in [4.69, 9.17) is 0 Å². The smallest absolute Gasteiger partial charge is 0.272 e. The number of nitrogens with one attached hydrogen (secondary N) is 3. The zero-order valence-corrected chi connectivity index (χ0v) is 21.5. The monoisotopic (exact) mass is 603 g/mol. The van der Waals surface area contributed by atoms with E-state index in [0.717, 1.165) is 12.7 Å². The first-order valence-electron chi connectivity index (χ1n) is 9.97. The molecule has 0 bridgehead atoms. The molecule has 4 rings (SSSR count). The average Bonchev–Trinajstić information content (AvgIpc) is 3.23. The predicted molar refractivity (Wildman–Crippen MR) is 144 cm³/mol. The molecular weight excluding hydrogens is 585 g/mol. The summed E-state index contributed by atoms with van der Waals surface area (Å²) in [6.45, 7) is 0. The van der Waals surface area contributed by atoms with Gasteiger partial charge in [-0.25, -0.2) is 10.5 Å². The molecule has 172 valence electrons. The first kappa shape index (κ1) is 24.1. The number of aromatic amines is 1. The fraction of sp³-hybridized carbons (Fsp3) is 0.0870. The quantitative estimate of drug-likeness (QED) is 0.128.